The average molecular weight is 293 g/mol. The van der Waals surface area contributed by atoms with E-state index in [1.807, 2.05) is 24.3 Å². The molecule has 88 valence electrons. The molecule has 1 heterocycles. The summed E-state index contributed by atoms with van der Waals surface area (Å²) in [6, 6.07) is 9.72. The lowest BCUT2D eigenvalue weighted by Crippen LogP contribution is -1.92. The van der Waals surface area contributed by atoms with Crippen molar-refractivity contribution in [1.29, 1.82) is 0 Å². The first kappa shape index (κ1) is 11.9. The molecule has 0 aliphatic rings. The second kappa shape index (κ2) is 5.19. The number of nitrogens with zero attached hydrogens (tertiary/aromatic N) is 1. The second-order valence-electron chi connectivity index (χ2n) is 3.66. The maximum Gasteiger partial charge on any atom is 0.233 e. The minimum atomic E-state index is 0.517. The molecule has 0 saturated heterocycles. The van der Waals surface area contributed by atoms with Crippen molar-refractivity contribution < 1.29 is 4.74 Å². The Bertz CT molecular complexity index is 511. The van der Waals surface area contributed by atoms with Crippen molar-refractivity contribution >= 4 is 21.6 Å². The lowest BCUT2D eigenvalue weighted by atomic mass is 10.2. The standard InChI is InChI=1S/C13H13BrN2O/c1-2-9-3-5-11(6-4-9)17-13-12(14)7-10(15)8-16-13/h3-8H,2,15H2,1H3. The van der Waals surface area contributed by atoms with Crippen molar-refractivity contribution in [3.63, 3.8) is 0 Å². The van der Waals surface area contributed by atoms with Crippen LogP contribution in [0.2, 0.25) is 0 Å². The number of anilines is 1. The topological polar surface area (TPSA) is 48.1 Å². The number of pyridine rings is 1. The fraction of sp³-hybridized carbons (Fsp3) is 0.154. The van der Waals surface area contributed by atoms with Gasteiger partial charge in [-0.15, -0.1) is 0 Å². The molecule has 0 aliphatic heterocycles. The summed E-state index contributed by atoms with van der Waals surface area (Å²) in [5.74, 6) is 1.28. The van der Waals surface area contributed by atoms with Crippen LogP contribution < -0.4 is 10.5 Å². The third-order valence-electron chi connectivity index (χ3n) is 2.37. The summed E-state index contributed by atoms with van der Waals surface area (Å²) in [6.07, 6.45) is 2.59. The highest BCUT2D eigenvalue weighted by atomic mass is 79.9. The zero-order valence-electron chi connectivity index (χ0n) is 9.48. The van der Waals surface area contributed by atoms with Crippen molar-refractivity contribution in [2.45, 2.75) is 13.3 Å². The lowest BCUT2D eigenvalue weighted by Gasteiger charge is -2.07. The molecule has 3 nitrogen and oxygen atoms in total. The molecule has 0 atom stereocenters. The molecule has 0 radical (unpaired) electrons. The van der Waals surface area contributed by atoms with E-state index in [1.165, 1.54) is 5.56 Å². The maximum absolute atomic E-state index is 5.65. The summed E-state index contributed by atoms with van der Waals surface area (Å²) in [7, 11) is 0. The number of rotatable bonds is 3. The smallest absolute Gasteiger partial charge is 0.233 e. The molecule has 2 rings (SSSR count). The number of hydrogen-bond donors (Lipinski definition) is 1. The van der Waals surface area contributed by atoms with Gasteiger partial charge in [0.05, 0.1) is 16.4 Å². The Morgan fingerprint density at radius 3 is 2.59 bits per heavy atom. The fourth-order valence-electron chi connectivity index (χ4n) is 1.42. The predicted molar refractivity (Wildman–Crippen MR) is 72.2 cm³/mol. The average Bonchev–Trinajstić information content (AvgIpc) is 2.34. The van der Waals surface area contributed by atoms with E-state index in [9.17, 15) is 0 Å². The van der Waals surface area contributed by atoms with E-state index in [4.69, 9.17) is 10.5 Å². The summed E-state index contributed by atoms with van der Waals surface area (Å²) in [5.41, 5.74) is 7.49. The number of ether oxygens (including phenoxy) is 1. The van der Waals surface area contributed by atoms with Crippen molar-refractivity contribution in [3.05, 3.63) is 46.6 Å². The van der Waals surface area contributed by atoms with Gasteiger partial charge in [-0.25, -0.2) is 4.98 Å². The summed E-state index contributed by atoms with van der Waals surface area (Å²) < 4.78 is 6.40. The molecular formula is C13H13BrN2O. The molecule has 0 fully saturated rings. The van der Waals surface area contributed by atoms with E-state index in [1.54, 1.807) is 12.3 Å². The van der Waals surface area contributed by atoms with Gasteiger partial charge in [0.1, 0.15) is 5.75 Å². The van der Waals surface area contributed by atoms with Crippen molar-refractivity contribution in [1.82, 2.24) is 4.98 Å². The molecule has 0 amide bonds. The molecule has 17 heavy (non-hydrogen) atoms. The number of hydrogen-bond acceptors (Lipinski definition) is 3. The van der Waals surface area contributed by atoms with Crippen molar-refractivity contribution in [2.75, 3.05) is 5.73 Å². The third kappa shape index (κ3) is 2.97. The summed E-state index contributed by atoms with van der Waals surface area (Å²) in [5, 5.41) is 0. The highest BCUT2D eigenvalue weighted by Crippen LogP contribution is 2.28. The summed E-state index contributed by atoms with van der Waals surface area (Å²) in [4.78, 5) is 4.12. The van der Waals surface area contributed by atoms with Crippen LogP contribution >= 0.6 is 15.9 Å². The normalized spacial score (nSPS) is 10.2. The number of nitrogens with two attached hydrogens (primary N) is 1. The van der Waals surface area contributed by atoms with Crippen LogP contribution in [-0.4, -0.2) is 4.98 Å². The fourth-order valence-corrected chi connectivity index (χ4v) is 1.87. The SMILES string of the molecule is CCc1ccc(Oc2ncc(N)cc2Br)cc1. The Labute approximate surface area is 109 Å². The van der Waals surface area contributed by atoms with Gasteiger partial charge in [-0.2, -0.15) is 0 Å². The first-order valence-corrected chi connectivity index (χ1v) is 6.16. The maximum atomic E-state index is 5.65. The number of benzene rings is 1. The Morgan fingerprint density at radius 2 is 2.00 bits per heavy atom. The van der Waals surface area contributed by atoms with Crippen LogP contribution in [-0.2, 0) is 6.42 Å². The molecule has 1 aromatic heterocycles. The number of halogens is 1. The molecule has 0 spiro atoms. The Morgan fingerprint density at radius 1 is 1.29 bits per heavy atom. The lowest BCUT2D eigenvalue weighted by molar-refractivity contribution is 0.459. The van der Waals surface area contributed by atoms with Gasteiger partial charge in [0.2, 0.25) is 5.88 Å². The summed E-state index contributed by atoms with van der Waals surface area (Å²) in [6.45, 7) is 2.12. The Hall–Kier alpha value is -1.55. The molecule has 0 aliphatic carbocycles. The van der Waals surface area contributed by atoms with Crippen LogP contribution in [0.4, 0.5) is 5.69 Å². The van der Waals surface area contributed by atoms with E-state index >= 15 is 0 Å². The van der Waals surface area contributed by atoms with E-state index in [0.29, 0.717) is 11.6 Å². The first-order chi connectivity index (χ1) is 8.19. The van der Waals surface area contributed by atoms with Crippen LogP contribution in [0, 0.1) is 0 Å². The molecule has 0 unspecified atom stereocenters. The zero-order chi connectivity index (χ0) is 12.3. The third-order valence-corrected chi connectivity index (χ3v) is 2.94. The van der Waals surface area contributed by atoms with Crippen molar-refractivity contribution in [3.8, 4) is 11.6 Å². The van der Waals surface area contributed by atoms with Gasteiger partial charge in [0.25, 0.3) is 0 Å². The highest BCUT2D eigenvalue weighted by molar-refractivity contribution is 9.10. The van der Waals surface area contributed by atoms with E-state index in [0.717, 1.165) is 16.6 Å². The zero-order valence-corrected chi connectivity index (χ0v) is 11.1. The summed E-state index contributed by atoms with van der Waals surface area (Å²) >= 11 is 3.37. The number of aryl methyl sites for hydroxylation is 1. The van der Waals surface area contributed by atoms with Gasteiger partial charge < -0.3 is 10.5 Å². The largest absolute Gasteiger partial charge is 0.438 e. The highest BCUT2D eigenvalue weighted by Gasteiger charge is 2.04. The van der Waals surface area contributed by atoms with E-state index < -0.39 is 0 Å². The molecule has 0 saturated carbocycles. The van der Waals surface area contributed by atoms with E-state index in [-0.39, 0.29) is 0 Å². The van der Waals surface area contributed by atoms with Gasteiger partial charge >= 0.3 is 0 Å². The number of aromatic nitrogens is 1. The van der Waals surface area contributed by atoms with Gasteiger partial charge in [-0.1, -0.05) is 19.1 Å². The minimum absolute atomic E-state index is 0.517. The van der Waals surface area contributed by atoms with Crippen molar-refractivity contribution in [2.24, 2.45) is 0 Å². The molecule has 4 heteroatoms. The van der Waals surface area contributed by atoms with Crippen LogP contribution in [0.1, 0.15) is 12.5 Å². The van der Waals surface area contributed by atoms with Gasteiger partial charge in [0, 0.05) is 0 Å². The predicted octanol–water partition coefficient (Wildman–Crippen LogP) is 3.78. The molecular weight excluding hydrogens is 280 g/mol. The van der Waals surface area contributed by atoms with E-state index in [2.05, 4.69) is 27.8 Å². The van der Waals surface area contributed by atoms with Gasteiger partial charge in [-0.05, 0) is 46.1 Å². The van der Waals surface area contributed by atoms with Gasteiger partial charge in [0.15, 0.2) is 0 Å². The van der Waals surface area contributed by atoms with Crippen LogP contribution in [0.15, 0.2) is 41.0 Å². The Kier molecular flexibility index (Phi) is 3.64. The van der Waals surface area contributed by atoms with Crippen LogP contribution in [0.25, 0.3) is 0 Å². The Balaban J connectivity index is 2.19. The minimum Gasteiger partial charge on any atom is -0.438 e. The molecule has 0 bridgehead atoms. The van der Waals surface area contributed by atoms with Crippen LogP contribution in [0.3, 0.4) is 0 Å². The quantitative estimate of drug-likeness (QED) is 0.936. The molecule has 2 N–H and O–H groups in total. The first-order valence-electron chi connectivity index (χ1n) is 5.37. The number of nitrogen functional groups attached to an aromatic ring is 1. The monoisotopic (exact) mass is 292 g/mol. The molecule has 2 aromatic rings. The van der Waals surface area contributed by atoms with Crippen LogP contribution in [0.5, 0.6) is 11.6 Å². The second-order valence-corrected chi connectivity index (χ2v) is 4.51. The van der Waals surface area contributed by atoms with Gasteiger partial charge in [-0.3, -0.25) is 0 Å². The molecule has 1 aromatic carbocycles.